The predicted octanol–water partition coefficient (Wildman–Crippen LogP) is 6.09. The van der Waals surface area contributed by atoms with Crippen LogP contribution < -0.4 is 5.73 Å². The van der Waals surface area contributed by atoms with Gasteiger partial charge in [0.2, 0.25) is 0 Å². The molecule has 0 atom stereocenters. The highest BCUT2D eigenvalue weighted by molar-refractivity contribution is 8.14. The quantitative estimate of drug-likeness (QED) is 0.434. The normalized spacial score (nSPS) is 11.8. The average molecular weight is 389 g/mol. The lowest BCUT2D eigenvalue weighted by atomic mass is 10.0. The summed E-state index contributed by atoms with van der Waals surface area (Å²) in [5.74, 6) is -0.640. The zero-order valence-corrected chi connectivity index (χ0v) is 15.1. The molecule has 0 amide bonds. The smallest absolute Gasteiger partial charge is 0.160 e. The molecule has 0 radical (unpaired) electrons. The van der Waals surface area contributed by atoms with Gasteiger partial charge in [-0.15, -0.1) is 0 Å². The SMILES string of the molecule is NC(=Nc1ccc(Cl)cc1)SC(c1ccc(F)cc1)c1ccc(F)cc1. The molecular formula is C20H15ClF2N2S. The number of amidine groups is 1. The maximum atomic E-state index is 13.3. The minimum absolute atomic E-state index is 0.243. The van der Waals surface area contributed by atoms with Crippen LogP contribution in [-0.4, -0.2) is 5.17 Å². The van der Waals surface area contributed by atoms with Crippen molar-refractivity contribution in [2.24, 2.45) is 10.7 Å². The monoisotopic (exact) mass is 388 g/mol. The van der Waals surface area contributed by atoms with Gasteiger partial charge >= 0.3 is 0 Å². The third-order valence-corrected chi connectivity index (χ3v) is 5.01. The van der Waals surface area contributed by atoms with Gasteiger partial charge in [-0.1, -0.05) is 47.6 Å². The summed E-state index contributed by atoms with van der Waals surface area (Å²) in [6.45, 7) is 0. The first-order valence-corrected chi connectivity index (χ1v) is 9.04. The van der Waals surface area contributed by atoms with Crippen molar-refractivity contribution in [1.82, 2.24) is 0 Å². The number of rotatable bonds is 4. The Labute approximate surface area is 159 Å². The Kier molecular flexibility index (Phi) is 5.91. The summed E-state index contributed by atoms with van der Waals surface area (Å²) in [4.78, 5) is 4.38. The minimum atomic E-state index is -0.320. The number of hydrogen-bond donors (Lipinski definition) is 1. The van der Waals surface area contributed by atoms with Gasteiger partial charge in [-0.3, -0.25) is 0 Å². The molecule has 26 heavy (non-hydrogen) atoms. The molecule has 0 aromatic heterocycles. The van der Waals surface area contributed by atoms with E-state index in [0.717, 1.165) is 11.1 Å². The summed E-state index contributed by atoms with van der Waals surface area (Å²) in [7, 11) is 0. The van der Waals surface area contributed by atoms with Crippen LogP contribution in [0.1, 0.15) is 16.4 Å². The molecular weight excluding hydrogens is 374 g/mol. The van der Waals surface area contributed by atoms with Gasteiger partial charge in [0, 0.05) is 5.02 Å². The molecule has 0 spiro atoms. The van der Waals surface area contributed by atoms with Gasteiger partial charge in [0.25, 0.3) is 0 Å². The molecule has 0 heterocycles. The van der Waals surface area contributed by atoms with E-state index in [4.69, 9.17) is 17.3 Å². The molecule has 3 rings (SSSR count). The van der Waals surface area contributed by atoms with Crippen LogP contribution in [0.3, 0.4) is 0 Å². The van der Waals surface area contributed by atoms with Gasteiger partial charge in [0.05, 0.1) is 10.9 Å². The lowest BCUT2D eigenvalue weighted by Gasteiger charge is -2.17. The first kappa shape index (κ1) is 18.4. The molecule has 6 heteroatoms. The minimum Gasteiger partial charge on any atom is -0.378 e. The fourth-order valence-corrected chi connectivity index (χ4v) is 3.51. The number of thioether (sulfide) groups is 1. The highest BCUT2D eigenvalue weighted by Crippen LogP contribution is 2.36. The maximum absolute atomic E-state index is 13.3. The van der Waals surface area contributed by atoms with E-state index >= 15 is 0 Å². The van der Waals surface area contributed by atoms with Gasteiger partial charge < -0.3 is 5.73 Å². The summed E-state index contributed by atoms with van der Waals surface area (Å²) in [5.41, 5.74) is 8.48. The van der Waals surface area contributed by atoms with E-state index in [-0.39, 0.29) is 16.9 Å². The van der Waals surface area contributed by atoms with Crippen molar-refractivity contribution in [2.45, 2.75) is 5.25 Å². The number of aliphatic imine (C=N–C) groups is 1. The number of nitrogens with zero attached hydrogens (tertiary/aromatic N) is 1. The summed E-state index contributed by atoms with van der Waals surface area (Å²) in [5, 5.41) is 0.712. The van der Waals surface area contributed by atoms with Crippen molar-refractivity contribution in [1.29, 1.82) is 0 Å². The van der Waals surface area contributed by atoms with E-state index < -0.39 is 0 Å². The Morgan fingerprint density at radius 3 is 1.73 bits per heavy atom. The van der Waals surface area contributed by atoms with E-state index in [9.17, 15) is 8.78 Å². The second-order valence-corrected chi connectivity index (χ2v) is 7.09. The topological polar surface area (TPSA) is 38.4 Å². The van der Waals surface area contributed by atoms with Crippen molar-refractivity contribution in [2.75, 3.05) is 0 Å². The second kappa shape index (κ2) is 8.34. The van der Waals surface area contributed by atoms with Crippen LogP contribution in [0.5, 0.6) is 0 Å². The molecule has 0 aliphatic rings. The number of nitrogens with two attached hydrogens (primary N) is 1. The first-order valence-electron chi connectivity index (χ1n) is 7.78. The van der Waals surface area contributed by atoms with E-state index in [2.05, 4.69) is 4.99 Å². The Morgan fingerprint density at radius 2 is 1.27 bits per heavy atom. The largest absolute Gasteiger partial charge is 0.378 e. The van der Waals surface area contributed by atoms with E-state index in [0.29, 0.717) is 15.9 Å². The van der Waals surface area contributed by atoms with Crippen LogP contribution in [-0.2, 0) is 0 Å². The van der Waals surface area contributed by atoms with Gasteiger partial charge in [-0.25, -0.2) is 13.8 Å². The third-order valence-electron chi connectivity index (χ3n) is 3.65. The Bertz CT molecular complexity index is 849. The van der Waals surface area contributed by atoms with Crippen molar-refractivity contribution in [3.63, 3.8) is 0 Å². The standard InChI is InChI=1S/C20H15ClF2N2S/c21-15-5-11-18(12-6-15)25-20(24)26-19(13-1-7-16(22)8-2-13)14-3-9-17(23)10-4-14/h1-12,19H,(H2,24,25). The van der Waals surface area contributed by atoms with Gasteiger partial charge in [-0.2, -0.15) is 0 Å². The van der Waals surface area contributed by atoms with E-state index in [1.54, 1.807) is 48.5 Å². The van der Waals surface area contributed by atoms with Crippen LogP contribution in [0.2, 0.25) is 5.02 Å². The lowest BCUT2D eigenvalue weighted by molar-refractivity contribution is 0.626. The number of benzene rings is 3. The molecule has 2 nitrogen and oxygen atoms in total. The van der Waals surface area contributed by atoms with Crippen LogP contribution >= 0.6 is 23.4 Å². The molecule has 0 unspecified atom stereocenters. The first-order chi connectivity index (χ1) is 12.5. The molecule has 0 bridgehead atoms. The summed E-state index contributed by atoms with van der Waals surface area (Å²) in [6, 6.07) is 19.3. The molecule has 0 saturated heterocycles. The summed E-state index contributed by atoms with van der Waals surface area (Å²) in [6.07, 6.45) is 0. The van der Waals surface area contributed by atoms with E-state index in [1.807, 2.05) is 0 Å². The molecule has 0 aliphatic heterocycles. The van der Waals surface area contributed by atoms with Crippen LogP contribution in [0.15, 0.2) is 77.8 Å². The van der Waals surface area contributed by atoms with Crippen molar-refractivity contribution in [3.8, 4) is 0 Å². The van der Waals surface area contributed by atoms with Crippen LogP contribution in [0.4, 0.5) is 14.5 Å². The van der Waals surface area contributed by atoms with Gasteiger partial charge in [0.1, 0.15) is 11.6 Å². The Balaban J connectivity index is 1.91. The zero-order valence-electron chi connectivity index (χ0n) is 13.6. The highest BCUT2D eigenvalue weighted by Gasteiger charge is 2.17. The van der Waals surface area contributed by atoms with Crippen LogP contribution in [0.25, 0.3) is 0 Å². The van der Waals surface area contributed by atoms with Crippen molar-refractivity contribution in [3.05, 3.63) is 101 Å². The molecule has 0 fully saturated rings. The second-order valence-electron chi connectivity index (χ2n) is 5.53. The lowest BCUT2D eigenvalue weighted by Crippen LogP contribution is -2.10. The Morgan fingerprint density at radius 1 is 0.808 bits per heavy atom. The predicted molar refractivity (Wildman–Crippen MR) is 105 cm³/mol. The zero-order chi connectivity index (χ0) is 18.5. The van der Waals surface area contributed by atoms with E-state index in [1.165, 1.54) is 36.0 Å². The fraction of sp³-hybridized carbons (Fsp3) is 0.0500. The molecule has 3 aromatic carbocycles. The molecule has 2 N–H and O–H groups in total. The Hall–Kier alpha value is -2.37. The van der Waals surface area contributed by atoms with Gasteiger partial charge in [0.15, 0.2) is 5.17 Å². The van der Waals surface area contributed by atoms with Crippen molar-refractivity contribution < 1.29 is 8.78 Å². The van der Waals surface area contributed by atoms with Gasteiger partial charge in [-0.05, 0) is 59.7 Å². The highest BCUT2D eigenvalue weighted by atomic mass is 35.5. The molecule has 0 saturated carbocycles. The number of halogens is 3. The van der Waals surface area contributed by atoms with Crippen molar-refractivity contribution >= 4 is 34.2 Å². The van der Waals surface area contributed by atoms with Crippen LogP contribution in [0, 0.1) is 11.6 Å². The summed E-state index contributed by atoms with van der Waals surface area (Å²) >= 11 is 7.18. The molecule has 132 valence electrons. The third kappa shape index (κ3) is 4.84. The molecule has 0 aliphatic carbocycles. The maximum Gasteiger partial charge on any atom is 0.160 e. The number of hydrogen-bond acceptors (Lipinski definition) is 2. The summed E-state index contributed by atoms with van der Waals surface area (Å²) < 4.78 is 26.5. The molecule has 3 aromatic rings. The average Bonchev–Trinajstić information content (AvgIpc) is 2.63. The fourth-order valence-electron chi connectivity index (χ4n) is 2.39.